The number of aryl methyl sites for hydroxylation is 2. The number of rotatable bonds is 4. The first-order chi connectivity index (χ1) is 9.04. The van der Waals surface area contributed by atoms with E-state index in [-0.39, 0.29) is 12.1 Å². The van der Waals surface area contributed by atoms with E-state index in [9.17, 15) is 4.79 Å². The van der Waals surface area contributed by atoms with Crippen molar-refractivity contribution in [3.05, 3.63) is 32.2 Å². The smallest absolute Gasteiger partial charge is 0.315 e. The van der Waals surface area contributed by atoms with Gasteiger partial charge in [-0.1, -0.05) is 0 Å². The normalized spacial score (nSPS) is 12.2. The zero-order chi connectivity index (χ0) is 13.8. The van der Waals surface area contributed by atoms with Crippen molar-refractivity contribution in [1.29, 1.82) is 0 Å². The van der Waals surface area contributed by atoms with Gasteiger partial charge in [-0.25, -0.2) is 14.8 Å². The molecule has 2 N–H and O–H groups in total. The van der Waals surface area contributed by atoms with E-state index in [1.54, 1.807) is 28.9 Å². The molecule has 19 heavy (non-hydrogen) atoms. The molecule has 0 radical (unpaired) electrons. The molecule has 0 fully saturated rings. The Morgan fingerprint density at radius 2 is 2.26 bits per heavy atom. The van der Waals surface area contributed by atoms with Crippen LogP contribution >= 0.6 is 22.7 Å². The maximum absolute atomic E-state index is 11.8. The number of aromatic nitrogens is 2. The Morgan fingerprint density at radius 3 is 2.84 bits per heavy atom. The quantitative estimate of drug-likeness (QED) is 0.911. The zero-order valence-electron chi connectivity index (χ0n) is 11.1. The lowest BCUT2D eigenvalue weighted by Crippen LogP contribution is -2.36. The maximum Gasteiger partial charge on any atom is 0.315 e. The molecule has 5 nitrogen and oxygen atoms in total. The van der Waals surface area contributed by atoms with Crippen LogP contribution in [0.15, 0.2) is 11.6 Å². The van der Waals surface area contributed by atoms with Crippen molar-refractivity contribution >= 4 is 28.7 Å². The summed E-state index contributed by atoms with van der Waals surface area (Å²) in [6, 6.07) is -0.270. The molecule has 0 aliphatic heterocycles. The highest BCUT2D eigenvalue weighted by Crippen LogP contribution is 2.17. The fourth-order valence-electron chi connectivity index (χ4n) is 1.53. The molecule has 0 saturated heterocycles. The summed E-state index contributed by atoms with van der Waals surface area (Å²) in [5, 5.41) is 9.58. The van der Waals surface area contributed by atoms with Gasteiger partial charge in [0.2, 0.25) is 0 Å². The third-order valence-electron chi connectivity index (χ3n) is 2.45. The molecule has 2 heterocycles. The fraction of sp³-hybridized carbons (Fsp3) is 0.417. The number of amides is 2. The molecule has 0 bridgehead atoms. The van der Waals surface area contributed by atoms with E-state index in [4.69, 9.17) is 0 Å². The van der Waals surface area contributed by atoms with Gasteiger partial charge in [0, 0.05) is 22.1 Å². The SMILES string of the molecule is Cc1csc([C@H](C)NC(=O)NCc2cnc(C)s2)n1. The Hall–Kier alpha value is -1.47. The molecule has 0 saturated carbocycles. The number of nitrogens with zero attached hydrogens (tertiary/aromatic N) is 2. The molecular formula is C12H16N4OS2. The first kappa shape index (κ1) is 14.0. The first-order valence-electron chi connectivity index (χ1n) is 5.92. The summed E-state index contributed by atoms with van der Waals surface area (Å²) in [7, 11) is 0. The standard InChI is InChI=1S/C12H16N4OS2/c1-7-6-18-11(15-7)8(2)16-12(17)14-5-10-4-13-9(3)19-10/h4,6,8H,5H2,1-3H3,(H2,14,16,17)/t8-/m0/s1. The van der Waals surface area contributed by atoms with Gasteiger partial charge in [-0.05, 0) is 20.8 Å². The second-order valence-corrected chi connectivity index (χ2v) is 6.43. The molecule has 0 aliphatic carbocycles. The van der Waals surface area contributed by atoms with Gasteiger partial charge in [0.15, 0.2) is 0 Å². The van der Waals surface area contributed by atoms with Crippen molar-refractivity contribution in [2.75, 3.05) is 0 Å². The van der Waals surface area contributed by atoms with Gasteiger partial charge >= 0.3 is 6.03 Å². The van der Waals surface area contributed by atoms with E-state index < -0.39 is 0 Å². The zero-order valence-corrected chi connectivity index (χ0v) is 12.7. The summed E-state index contributed by atoms with van der Waals surface area (Å²) in [4.78, 5) is 21.3. The van der Waals surface area contributed by atoms with Gasteiger partial charge in [-0.2, -0.15) is 0 Å². The molecule has 0 unspecified atom stereocenters. The number of urea groups is 1. The maximum atomic E-state index is 11.8. The molecule has 2 aromatic heterocycles. The summed E-state index contributed by atoms with van der Waals surface area (Å²) in [6.07, 6.45) is 1.79. The number of carbonyl (C=O) groups excluding carboxylic acids is 1. The molecule has 102 valence electrons. The average Bonchev–Trinajstić information content (AvgIpc) is 2.95. The lowest BCUT2D eigenvalue weighted by molar-refractivity contribution is 0.237. The molecule has 1 atom stereocenters. The molecule has 0 spiro atoms. The largest absolute Gasteiger partial charge is 0.333 e. The summed E-state index contributed by atoms with van der Waals surface area (Å²) in [6.45, 7) is 6.32. The highest BCUT2D eigenvalue weighted by molar-refractivity contribution is 7.11. The summed E-state index contributed by atoms with van der Waals surface area (Å²) in [5.41, 5.74) is 0.981. The van der Waals surface area contributed by atoms with Crippen molar-refractivity contribution < 1.29 is 4.79 Å². The van der Waals surface area contributed by atoms with Gasteiger partial charge in [0.25, 0.3) is 0 Å². The second kappa shape index (κ2) is 6.12. The monoisotopic (exact) mass is 296 g/mol. The Kier molecular flexibility index (Phi) is 4.49. The Balaban J connectivity index is 1.81. The molecule has 7 heteroatoms. The van der Waals surface area contributed by atoms with Crippen LogP contribution in [-0.4, -0.2) is 16.0 Å². The van der Waals surface area contributed by atoms with Gasteiger partial charge in [0.05, 0.1) is 17.6 Å². The predicted octanol–water partition coefficient (Wildman–Crippen LogP) is 2.78. The van der Waals surface area contributed by atoms with Crippen LogP contribution in [0.3, 0.4) is 0 Å². The fourth-order valence-corrected chi connectivity index (χ4v) is 3.07. The average molecular weight is 296 g/mol. The van der Waals surface area contributed by atoms with Gasteiger partial charge in [-0.15, -0.1) is 22.7 Å². The highest BCUT2D eigenvalue weighted by Gasteiger charge is 2.12. The minimum absolute atomic E-state index is 0.0816. The topological polar surface area (TPSA) is 66.9 Å². The Morgan fingerprint density at radius 1 is 1.47 bits per heavy atom. The summed E-state index contributed by atoms with van der Waals surface area (Å²) >= 11 is 3.14. The summed E-state index contributed by atoms with van der Waals surface area (Å²) < 4.78 is 0. The Labute approximate surface area is 120 Å². The van der Waals surface area contributed by atoms with Crippen molar-refractivity contribution in [2.24, 2.45) is 0 Å². The van der Waals surface area contributed by atoms with Crippen LogP contribution in [-0.2, 0) is 6.54 Å². The number of nitrogens with one attached hydrogen (secondary N) is 2. The van der Waals surface area contributed by atoms with E-state index in [0.717, 1.165) is 20.6 Å². The predicted molar refractivity (Wildman–Crippen MR) is 77.5 cm³/mol. The minimum Gasteiger partial charge on any atom is -0.333 e. The minimum atomic E-state index is -0.189. The van der Waals surface area contributed by atoms with Crippen molar-refractivity contribution in [1.82, 2.24) is 20.6 Å². The van der Waals surface area contributed by atoms with E-state index >= 15 is 0 Å². The molecule has 2 amide bonds. The van der Waals surface area contributed by atoms with Crippen LogP contribution in [0.1, 0.15) is 33.6 Å². The molecule has 2 aromatic rings. The van der Waals surface area contributed by atoms with Gasteiger partial charge in [-0.3, -0.25) is 0 Å². The van der Waals surface area contributed by atoms with E-state index in [1.165, 1.54) is 0 Å². The number of hydrogen-bond acceptors (Lipinski definition) is 5. The van der Waals surface area contributed by atoms with Crippen LogP contribution in [0, 0.1) is 13.8 Å². The second-order valence-electron chi connectivity index (χ2n) is 4.22. The van der Waals surface area contributed by atoms with Crippen LogP contribution in [0.5, 0.6) is 0 Å². The molecule has 0 aliphatic rings. The van der Waals surface area contributed by atoms with Crippen molar-refractivity contribution in [2.45, 2.75) is 33.4 Å². The third kappa shape index (κ3) is 4.00. The van der Waals surface area contributed by atoms with Crippen LogP contribution in [0.2, 0.25) is 0 Å². The summed E-state index contributed by atoms with van der Waals surface area (Å²) in [5.74, 6) is 0. The number of thiazole rings is 2. The molecule has 2 rings (SSSR count). The lowest BCUT2D eigenvalue weighted by atomic mass is 10.3. The molecule has 0 aromatic carbocycles. The third-order valence-corrected chi connectivity index (χ3v) is 4.51. The van der Waals surface area contributed by atoms with Crippen LogP contribution in [0.25, 0.3) is 0 Å². The first-order valence-corrected chi connectivity index (χ1v) is 7.62. The number of hydrogen-bond donors (Lipinski definition) is 2. The van der Waals surface area contributed by atoms with Gasteiger partial charge in [0.1, 0.15) is 5.01 Å². The van der Waals surface area contributed by atoms with Crippen molar-refractivity contribution in [3.8, 4) is 0 Å². The molecular weight excluding hydrogens is 280 g/mol. The van der Waals surface area contributed by atoms with E-state index in [1.807, 2.05) is 26.2 Å². The van der Waals surface area contributed by atoms with Crippen LogP contribution < -0.4 is 10.6 Å². The van der Waals surface area contributed by atoms with Crippen LogP contribution in [0.4, 0.5) is 4.79 Å². The number of carbonyl (C=O) groups is 1. The lowest BCUT2D eigenvalue weighted by Gasteiger charge is -2.11. The van der Waals surface area contributed by atoms with E-state index in [0.29, 0.717) is 6.54 Å². The van der Waals surface area contributed by atoms with Crippen molar-refractivity contribution in [3.63, 3.8) is 0 Å². The van der Waals surface area contributed by atoms with Gasteiger partial charge < -0.3 is 10.6 Å². The Bertz CT molecular complexity index is 564. The van der Waals surface area contributed by atoms with E-state index in [2.05, 4.69) is 20.6 Å². The highest BCUT2D eigenvalue weighted by atomic mass is 32.1.